The predicted octanol–water partition coefficient (Wildman–Crippen LogP) is 2.71. The smallest absolute Gasteiger partial charge is 0.277 e. The molecule has 0 saturated carbocycles. The van der Waals surface area contributed by atoms with Gasteiger partial charge < -0.3 is 9.73 Å². The van der Waals surface area contributed by atoms with E-state index in [2.05, 4.69) is 25.6 Å². The molecule has 8 nitrogen and oxygen atoms in total. The Hall–Kier alpha value is -2.39. The zero-order valence-corrected chi connectivity index (χ0v) is 15.1. The number of nitrogens with one attached hydrogen (secondary N) is 1. The van der Waals surface area contributed by atoms with Crippen molar-refractivity contribution in [2.24, 2.45) is 0 Å². The Labute approximate surface area is 153 Å². The molecule has 0 aliphatic heterocycles. The molecule has 3 aromatic rings. The highest BCUT2D eigenvalue weighted by Gasteiger charge is 2.13. The van der Waals surface area contributed by atoms with Gasteiger partial charge in [-0.3, -0.25) is 4.79 Å². The minimum Gasteiger partial charge on any atom is -0.414 e. The first-order chi connectivity index (χ1) is 12.0. The van der Waals surface area contributed by atoms with E-state index in [-0.39, 0.29) is 11.7 Å². The molecule has 0 spiro atoms. The fourth-order valence-electron chi connectivity index (χ4n) is 2.19. The Bertz CT molecular complexity index is 857. The van der Waals surface area contributed by atoms with Crippen molar-refractivity contribution in [3.63, 3.8) is 0 Å². The van der Waals surface area contributed by atoms with E-state index in [1.165, 1.54) is 6.33 Å². The highest BCUT2D eigenvalue weighted by Crippen LogP contribution is 2.27. The van der Waals surface area contributed by atoms with E-state index in [1.807, 2.05) is 26.0 Å². The molecule has 0 unspecified atom stereocenters. The van der Waals surface area contributed by atoms with Crippen molar-refractivity contribution in [2.75, 3.05) is 11.1 Å². The summed E-state index contributed by atoms with van der Waals surface area (Å²) >= 11 is 7.35. The maximum absolute atomic E-state index is 12.1. The van der Waals surface area contributed by atoms with Crippen LogP contribution in [0.15, 0.2) is 34.4 Å². The second-order valence-corrected chi connectivity index (χ2v) is 6.66. The van der Waals surface area contributed by atoms with Gasteiger partial charge in [0, 0.05) is 0 Å². The van der Waals surface area contributed by atoms with Crippen molar-refractivity contribution in [1.29, 1.82) is 0 Å². The average Bonchev–Trinajstić information content (AvgIpc) is 3.21. The third-order valence-electron chi connectivity index (χ3n) is 3.24. The van der Waals surface area contributed by atoms with E-state index in [1.54, 1.807) is 11.0 Å². The summed E-state index contributed by atoms with van der Waals surface area (Å²) in [6, 6.07) is 3.77. The Morgan fingerprint density at radius 3 is 2.92 bits per heavy atom. The molecule has 0 atom stereocenters. The van der Waals surface area contributed by atoms with Crippen LogP contribution in [-0.4, -0.2) is 36.6 Å². The molecule has 0 aliphatic carbocycles. The Balaban J connectivity index is 1.55. The molecule has 130 valence electrons. The number of thioether (sulfide) groups is 1. The van der Waals surface area contributed by atoms with Crippen molar-refractivity contribution < 1.29 is 9.21 Å². The number of halogens is 1. The largest absolute Gasteiger partial charge is 0.414 e. The van der Waals surface area contributed by atoms with Gasteiger partial charge in [-0.05, 0) is 31.0 Å². The Morgan fingerprint density at radius 1 is 1.36 bits per heavy atom. The summed E-state index contributed by atoms with van der Waals surface area (Å²) < 4.78 is 7.03. The van der Waals surface area contributed by atoms with E-state index < -0.39 is 0 Å². The number of amides is 1. The highest BCUT2D eigenvalue weighted by molar-refractivity contribution is 7.99. The number of aromatic nitrogens is 5. The lowest BCUT2D eigenvalue weighted by Crippen LogP contribution is -2.15. The topological polar surface area (TPSA) is 98.7 Å². The van der Waals surface area contributed by atoms with Crippen LogP contribution >= 0.6 is 23.4 Å². The lowest BCUT2D eigenvalue weighted by molar-refractivity contribution is -0.113. The molecule has 3 rings (SSSR count). The molecular weight excluding hydrogens is 364 g/mol. The lowest BCUT2D eigenvalue weighted by atomic mass is 10.1. The van der Waals surface area contributed by atoms with Gasteiger partial charge in [-0.1, -0.05) is 29.4 Å². The fraction of sp³-hybridized carbons (Fsp3) is 0.267. The third kappa shape index (κ3) is 4.58. The molecule has 0 bridgehead atoms. The summed E-state index contributed by atoms with van der Waals surface area (Å²) in [6.45, 7) is 4.18. The van der Waals surface area contributed by atoms with Crippen LogP contribution in [0, 0.1) is 13.8 Å². The monoisotopic (exact) mass is 378 g/mol. The van der Waals surface area contributed by atoms with Crippen molar-refractivity contribution in [2.45, 2.75) is 25.6 Å². The standard InChI is InChI=1S/C15H15ClN6O2S/c1-9-3-10(2)14(11(16)4-9)19-12(23)6-25-15-21-20-13(24-15)5-22-8-17-7-18-22/h3-4,7-8H,5-6H2,1-2H3,(H,19,23). The summed E-state index contributed by atoms with van der Waals surface area (Å²) in [5.41, 5.74) is 2.58. The second-order valence-electron chi connectivity index (χ2n) is 5.33. The van der Waals surface area contributed by atoms with Gasteiger partial charge >= 0.3 is 0 Å². The van der Waals surface area contributed by atoms with Crippen molar-refractivity contribution in [3.05, 3.63) is 46.8 Å². The van der Waals surface area contributed by atoms with Gasteiger partial charge in [0.2, 0.25) is 11.8 Å². The van der Waals surface area contributed by atoms with Crippen molar-refractivity contribution in [3.8, 4) is 0 Å². The molecule has 25 heavy (non-hydrogen) atoms. The van der Waals surface area contributed by atoms with E-state index in [4.69, 9.17) is 16.0 Å². The molecular formula is C15H15ClN6O2S. The second kappa shape index (κ2) is 7.66. The van der Waals surface area contributed by atoms with Crippen LogP contribution in [0.2, 0.25) is 5.02 Å². The lowest BCUT2D eigenvalue weighted by Gasteiger charge is -2.11. The van der Waals surface area contributed by atoms with Crippen LogP contribution in [0.4, 0.5) is 5.69 Å². The number of hydrogen-bond acceptors (Lipinski definition) is 7. The quantitative estimate of drug-likeness (QED) is 0.658. The Morgan fingerprint density at radius 2 is 2.20 bits per heavy atom. The Kier molecular flexibility index (Phi) is 5.34. The van der Waals surface area contributed by atoms with Crippen LogP contribution in [0.3, 0.4) is 0 Å². The maximum atomic E-state index is 12.1. The normalized spacial score (nSPS) is 10.8. The number of carbonyl (C=O) groups excluding carboxylic acids is 1. The van der Waals surface area contributed by atoms with Crippen LogP contribution in [-0.2, 0) is 11.3 Å². The summed E-state index contributed by atoms with van der Waals surface area (Å²) in [6.07, 6.45) is 2.98. The molecule has 1 amide bonds. The first-order valence-electron chi connectivity index (χ1n) is 7.35. The van der Waals surface area contributed by atoms with Crippen molar-refractivity contribution in [1.82, 2.24) is 25.0 Å². The number of benzene rings is 1. The molecule has 1 N–H and O–H groups in total. The molecule has 0 aliphatic rings. The summed E-state index contributed by atoms with van der Waals surface area (Å²) in [5, 5.41) is 15.4. The summed E-state index contributed by atoms with van der Waals surface area (Å²) in [5.74, 6) is 0.329. The van der Waals surface area contributed by atoms with Gasteiger partial charge in [-0.15, -0.1) is 10.2 Å². The molecule has 0 fully saturated rings. The number of nitrogens with zero attached hydrogens (tertiary/aromatic N) is 5. The van der Waals surface area contributed by atoms with Gasteiger partial charge in [-0.2, -0.15) is 5.10 Å². The van der Waals surface area contributed by atoms with Gasteiger partial charge in [0.1, 0.15) is 19.2 Å². The summed E-state index contributed by atoms with van der Waals surface area (Å²) in [7, 11) is 0. The van der Waals surface area contributed by atoms with E-state index in [0.29, 0.717) is 28.4 Å². The molecule has 2 aromatic heterocycles. The fourth-order valence-corrected chi connectivity index (χ4v) is 3.14. The zero-order chi connectivity index (χ0) is 17.8. The third-order valence-corrected chi connectivity index (χ3v) is 4.35. The van der Waals surface area contributed by atoms with Crippen LogP contribution in [0.25, 0.3) is 0 Å². The molecule has 0 radical (unpaired) electrons. The summed E-state index contributed by atoms with van der Waals surface area (Å²) in [4.78, 5) is 16.0. The van der Waals surface area contributed by atoms with Gasteiger partial charge in [0.15, 0.2) is 0 Å². The average molecular weight is 379 g/mol. The van der Waals surface area contributed by atoms with E-state index >= 15 is 0 Å². The molecule has 10 heteroatoms. The number of rotatable bonds is 6. The molecule has 1 aromatic carbocycles. The van der Waals surface area contributed by atoms with Gasteiger partial charge in [0.05, 0.1) is 16.5 Å². The van der Waals surface area contributed by atoms with Gasteiger partial charge in [-0.25, -0.2) is 9.67 Å². The van der Waals surface area contributed by atoms with E-state index in [0.717, 1.165) is 22.9 Å². The maximum Gasteiger partial charge on any atom is 0.277 e. The van der Waals surface area contributed by atoms with Gasteiger partial charge in [0.25, 0.3) is 5.22 Å². The highest BCUT2D eigenvalue weighted by atomic mass is 35.5. The number of anilines is 1. The first kappa shape index (κ1) is 17.4. The number of hydrogen-bond donors (Lipinski definition) is 1. The minimum atomic E-state index is -0.199. The predicted molar refractivity (Wildman–Crippen MR) is 93.7 cm³/mol. The zero-order valence-electron chi connectivity index (χ0n) is 13.6. The number of carbonyl (C=O) groups is 1. The first-order valence-corrected chi connectivity index (χ1v) is 8.72. The van der Waals surface area contributed by atoms with Crippen molar-refractivity contribution >= 4 is 35.0 Å². The molecule has 2 heterocycles. The van der Waals surface area contributed by atoms with E-state index in [9.17, 15) is 4.79 Å². The van der Waals surface area contributed by atoms with Crippen LogP contribution in [0.1, 0.15) is 17.0 Å². The van der Waals surface area contributed by atoms with Crippen LogP contribution < -0.4 is 5.32 Å². The minimum absolute atomic E-state index is 0.134. The molecule has 0 saturated heterocycles. The SMILES string of the molecule is Cc1cc(C)c(NC(=O)CSc2nnc(Cn3cncn3)o2)c(Cl)c1. The number of aryl methyl sites for hydroxylation is 2. The van der Waals surface area contributed by atoms with Crippen LogP contribution in [0.5, 0.6) is 0 Å².